The molecule has 0 atom stereocenters. The van der Waals surface area contributed by atoms with Crippen LogP contribution in [0.15, 0.2) is 66.7 Å². The van der Waals surface area contributed by atoms with Crippen molar-refractivity contribution in [2.75, 3.05) is 0 Å². The first-order valence-corrected chi connectivity index (χ1v) is 10.9. The molecule has 0 bridgehead atoms. The van der Waals surface area contributed by atoms with Gasteiger partial charge in [-0.2, -0.15) is 0 Å². The molecule has 0 fully saturated rings. The van der Waals surface area contributed by atoms with Gasteiger partial charge >= 0.3 is 0 Å². The van der Waals surface area contributed by atoms with Crippen LogP contribution in [0.4, 0.5) is 0 Å². The van der Waals surface area contributed by atoms with E-state index in [-0.39, 0.29) is 0 Å². The molecule has 0 radical (unpaired) electrons. The predicted octanol–water partition coefficient (Wildman–Crippen LogP) is 7.61. The van der Waals surface area contributed by atoms with Crippen LogP contribution in [-0.4, -0.2) is 0 Å². The summed E-state index contributed by atoms with van der Waals surface area (Å²) in [5.41, 5.74) is 9.98. The van der Waals surface area contributed by atoms with Gasteiger partial charge in [0.15, 0.2) is 0 Å². The van der Waals surface area contributed by atoms with Gasteiger partial charge in [-0.15, -0.1) is 0 Å². The van der Waals surface area contributed by atoms with E-state index in [1.54, 1.807) is 5.56 Å². The molecule has 0 aliphatic carbocycles. The highest BCUT2D eigenvalue weighted by Gasteiger charge is 2.07. The lowest BCUT2D eigenvalue weighted by Crippen LogP contribution is -2.00. The summed E-state index contributed by atoms with van der Waals surface area (Å²) in [4.78, 5) is 0. The Labute approximate surface area is 171 Å². The number of rotatable bonds is 9. The van der Waals surface area contributed by atoms with E-state index in [4.69, 9.17) is 0 Å². The molecule has 0 aliphatic heterocycles. The van der Waals surface area contributed by atoms with Gasteiger partial charge in [0.25, 0.3) is 0 Å². The van der Waals surface area contributed by atoms with Crippen molar-refractivity contribution in [3.05, 3.63) is 106 Å². The zero-order chi connectivity index (χ0) is 19.8. The summed E-state index contributed by atoms with van der Waals surface area (Å²) in [5, 5.41) is 0. The van der Waals surface area contributed by atoms with Gasteiger partial charge < -0.3 is 0 Å². The first-order valence-electron chi connectivity index (χ1n) is 10.9. The summed E-state index contributed by atoms with van der Waals surface area (Å²) in [6, 6.07) is 25.0. The Morgan fingerprint density at radius 1 is 0.571 bits per heavy atom. The Morgan fingerprint density at radius 2 is 1.21 bits per heavy atom. The molecule has 0 aliphatic rings. The second-order valence-electron chi connectivity index (χ2n) is 8.25. The maximum absolute atomic E-state index is 2.47. The van der Waals surface area contributed by atoms with E-state index in [0.29, 0.717) is 0 Å². The average molecular weight is 371 g/mol. The second kappa shape index (κ2) is 10.3. The van der Waals surface area contributed by atoms with Crippen molar-refractivity contribution in [2.45, 2.75) is 65.7 Å². The molecule has 0 aromatic heterocycles. The van der Waals surface area contributed by atoms with Crippen LogP contribution in [0.2, 0.25) is 0 Å². The molecular formula is C28H34. The first kappa shape index (κ1) is 20.4. The molecule has 0 saturated carbocycles. The van der Waals surface area contributed by atoms with Gasteiger partial charge in [-0.05, 0) is 67.3 Å². The lowest BCUT2D eigenvalue weighted by atomic mass is 9.92. The van der Waals surface area contributed by atoms with E-state index in [9.17, 15) is 0 Å². The van der Waals surface area contributed by atoms with Crippen molar-refractivity contribution in [1.29, 1.82) is 0 Å². The lowest BCUT2D eigenvalue weighted by Gasteiger charge is -2.13. The van der Waals surface area contributed by atoms with E-state index >= 15 is 0 Å². The van der Waals surface area contributed by atoms with Crippen molar-refractivity contribution in [1.82, 2.24) is 0 Å². The fraction of sp³-hybridized carbons (Fsp3) is 0.357. The minimum absolute atomic E-state index is 1.02. The predicted molar refractivity (Wildman–Crippen MR) is 122 cm³/mol. The quantitative estimate of drug-likeness (QED) is 0.340. The minimum atomic E-state index is 1.02. The molecule has 0 nitrogen and oxygen atoms in total. The van der Waals surface area contributed by atoms with Crippen LogP contribution in [0.25, 0.3) is 0 Å². The van der Waals surface area contributed by atoms with Crippen molar-refractivity contribution in [3.63, 3.8) is 0 Å². The first-order chi connectivity index (χ1) is 13.6. The Bertz CT molecular complexity index is 888. The van der Waals surface area contributed by atoms with E-state index in [0.717, 1.165) is 12.8 Å². The van der Waals surface area contributed by atoms with E-state index in [1.165, 1.54) is 65.5 Å². The van der Waals surface area contributed by atoms with Crippen molar-refractivity contribution in [3.8, 4) is 0 Å². The summed E-state index contributed by atoms with van der Waals surface area (Å²) in [7, 11) is 0. The lowest BCUT2D eigenvalue weighted by molar-refractivity contribution is 0.665. The third kappa shape index (κ3) is 6.09. The van der Waals surface area contributed by atoms with Crippen LogP contribution in [0.3, 0.4) is 0 Å². The third-order valence-corrected chi connectivity index (χ3v) is 5.54. The highest BCUT2D eigenvalue weighted by Crippen LogP contribution is 2.22. The fourth-order valence-corrected chi connectivity index (χ4v) is 4.04. The van der Waals surface area contributed by atoms with E-state index in [2.05, 4.69) is 87.5 Å². The van der Waals surface area contributed by atoms with Gasteiger partial charge in [-0.25, -0.2) is 0 Å². The Balaban J connectivity index is 1.81. The molecule has 3 aromatic rings. The van der Waals surface area contributed by atoms with Crippen LogP contribution in [-0.2, 0) is 19.3 Å². The van der Waals surface area contributed by atoms with Gasteiger partial charge in [0.05, 0.1) is 0 Å². The molecular weight excluding hydrogens is 336 g/mol. The second-order valence-corrected chi connectivity index (χ2v) is 8.25. The molecule has 3 rings (SSSR count). The number of aryl methyl sites for hydroxylation is 3. The van der Waals surface area contributed by atoms with Crippen molar-refractivity contribution < 1.29 is 0 Å². The molecule has 3 aromatic carbocycles. The summed E-state index contributed by atoms with van der Waals surface area (Å²) in [5.74, 6) is 0. The van der Waals surface area contributed by atoms with Gasteiger partial charge in [0.2, 0.25) is 0 Å². The Morgan fingerprint density at radius 3 is 1.86 bits per heavy atom. The van der Waals surface area contributed by atoms with Gasteiger partial charge in [-0.1, -0.05) is 104 Å². The number of benzene rings is 3. The smallest absolute Gasteiger partial charge is 0.00229 e. The highest BCUT2D eigenvalue weighted by molar-refractivity contribution is 5.39. The van der Waals surface area contributed by atoms with Crippen molar-refractivity contribution in [2.24, 2.45) is 0 Å². The topological polar surface area (TPSA) is 0 Å². The average Bonchev–Trinajstić information content (AvgIpc) is 2.67. The Hall–Kier alpha value is -2.34. The molecule has 0 unspecified atom stereocenters. The maximum atomic E-state index is 2.47. The molecule has 0 spiro atoms. The van der Waals surface area contributed by atoms with Crippen LogP contribution in [0, 0.1) is 13.8 Å². The molecule has 0 amide bonds. The maximum Gasteiger partial charge on any atom is -0.00229 e. The summed E-state index contributed by atoms with van der Waals surface area (Å²) < 4.78 is 0. The fourth-order valence-electron chi connectivity index (χ4n) is 4.04. The summed E-state index contributed by atoms with van der Waals surface area (Å²) in [6.45, 7) is 6.64. The van der Waals surface area contributed by atoms with Crippen LogP contribution in [0.5, 0.6) is 0 Å². The van der Waals surface area contributed by atoms with Gasteiger partial charge in [0.1, 0.15) is 0 Å². The monoisotopic (exact) mass is 370 g/mol. The Kier molecular flexibility index (Phi) is 7.48. The normalized spacial score (nSPS) is 11.0. The molecule has 0 N–H and O–H groups in total. The number of hydrogen-bond donors (Lipinski definition) is 0. The zero-order valence-corrected chi connectivity index (χ0v) is 17.8. The van der Waals surface area contributed by atoms with Crippen LogP contribution < -0.4 is 0 Å². The standard InChI is InChI=1S/C28H34/c1-4-5-6-7-14-27-21-26(19-24-12-8-10-22(2)17-24)15-16-28(27)20-25-13-9-11-23(3)18-25/h8-13,15-18,21H,4-7,14,19-20H2,1-3H3. The van der Waals surface area contributed by atoms with E-state index in [1.807, 2.05) is 0 Å². The third-order valence-electron chi connectivity index (χ3n) is 5.54. The highest BCUT2D eigenvalue weighted by atomic mass is 14.1. The largest absolute Gasteiger partial charge is 0.0654 e. The molecule has 28 heavy (non-hydrogen) atoms. The minimum Gasteiger partial charge on any atom is -0.0654 e. The molecule has 0 saturated heterocycles. The molecule has 146 valence electrons. The van der Waals surface area contributed by atoms with E-state index < -0.39 is 0 Å². The SMILES string of the molecule is CCCCCCc1cc(Cc2cccc(C)c2)ccc1Cc1cccc(C)c1. The summed E-state index contributed by atoms with van der Waals surface area (Å²) in [6.07, 6.45) is 8.53. The van der Waals surface area contributed by atoms with Crippen molar-refractivity contribution >= 4 is 0 Å². The van der Waals surface area contributed by atoms with Gasteiger partial charge in [0, 0.05) is 0 Å². The molecule has 0 heterocycles. The van der Waals surface area contributed by atoms with Gasteiger partial charge in [-0.3, -0.25) is 0 Å². The number of unbranched alkanes of at least 4 members (excludes halogenated alkanes) is 3. The van der Waals surface area contributed by atoms with Crippen LogP contribution >= 0.6 is 0 Å². The zero-order valence-electron chi connectivity index (χ0n) is 17.8. The summed E-state index contributed by atoms with van der Waals surface area (Å²) >= 11 is 0. The molecule has 0 heteroatoms. The van der Waals surface area contributed by atoms with Crippen LogP contribution in [0.1, 0.15) is 71.6 Å². The number of hydrogen-bond acceptors (Lipinski definition) is 0.